The Hall–Kier alpha value is -3.54. The summed E-state index contributed by atoms with van der Waals surface area (Å²) in [7, 11) is 0. The molecule has 0 spiro atoms. The molecule has 0 aliphatic carbocycles. The van der Waals surface area contributed by atoms with Gasteiger partial charge < -0.3 is 4.74 Å². The van der Waals surface area contributed by atoms with Crippen molar-refractivity contribution in [2.24, 2.45) is 0 Å². The van der Waals surface area contributed by atoms with Crippen LogP contribution in [0.5, 0.6) is 0 Å². The first kappa shape index (κ1) is 16.0. The number of rotatable bonds is 3. The lowest BCUT2D eigenvalue weighted by molar-refractivity contribution is 0.0519. The number of amides is 2. The number of benzene rings is 2. The average Bonchev–Trinajstić information content (AvgIpc) is 2.92. The lowest BCUT2D eigenvalue weighted by atomic mass is 10.1. The van der Waals surface area contributed by atoms with Gasteiger partial charge in [-0.15, -0.1) is 0 Å². The van der Waals surface area contributed by atoms with Crippen LogP contribution < -0.4 is 4.90 Å². The standard InChI is InChI=1S/C20H14N2O4/c1-2-26-20(25)16-11-10-14-15(21-16)8-5-9-17(14)22-18(23)12-6-3-4-7-13(12)19(22)24/h3-11H,2H2,1H3. The molecule has 4 rings (SSSR count). The van der Waals surface area contributed by atoms with Crippen molar-refractivity contribution in [1.82, 2.24) is 4.98 Å². The second kappa shape index (κ2) is 6.07. The van der Waals surface area contributed by atoms with Gasteiger partial charge in [0.25, 0.3) is 11.8 Å². The van der Waals surface area contributed by atoms with Crippen LogP contribution in [0.1, 0.15) is 38.1 Å². The molecule has 26 heavy (non-hydrogen) atoms. The molecule has 128 valence electrons. The molecule has 0 N–H and O–H groups in total. The van der Waals surface area contributed by atoms with E-state index in [0.717, 1.165) is 4.90 Å². The number of carbonyl (C=O) groups excluding carboxylic acids is 3. The highest BCUT2D eigenvalue weighted by molar-refractivity contribution is 6.35. The van der Waals surface area contributed by atoms with Crippen molar-refractivity contribution in [3.05, 3.63) is 71.4 Å². The van der Waals surface area contributed by atoms with Gasteiger partial charge in [0.2, 0.25) is 0 Å². The summed E-state index contributed by atoms with van der Waals surface area (Å²) in [4.78, 5) is 42.8. The highest BCUT2D eigenvalue weighted by Crippen LogP contribution is 2.33. The van der Waals surface area contributed by atoms with Crippen molar-refractivity contribution < 1.29 is 19.1 Å². The van der Waals surface area contributed by atoms with Crippen LogP contribution in [0.4, 0.5) is 5.69 Å². The fourth-order valence-corrected chi connectivity index (χ4v) is 3.06. The van der Waals surface area contributed by atoms with Crippen molar-refractivity contribution in [2.75, 3.05) is 11.5 Å². The molecule has 1 aliphatic heterocycles. The summed E-state index contributed by atoms with van der Waals surface area (Å²) in [5.41, 5.74) is 1.89. The molecule has 2 aromatic carbocycles. The van der Waals surface area contributed by atoms with E-state index >= 15 is 0 Å². The second-order valence-electron chi connectivity index (χ2n) is 5.75. The molecule has 0 saturated carbocycles. The van der Waals surface area contributed by atoms with Gasteiger partial charge in [-0.3, -0.25) is 9.59 Å². The molecular weight excluding hydrogens is 332 g/mol. The van der Waals surface area contributed by atoms with Crippen LogP contribution in [0.2, 0.25) is 0 Å². The van der Waals surface area contributed by atoms with Crippen molar-refractivity contribution in [1.29, 1.82) is 0 Å². The Balaban J connectivity index is 1.82. The van der Waals surface area contributed by atoms with Gasteiger partial charge in [-0.05, 0) is 43.3 Å². The summed E-state index contributed by atoms with van der Waals surface area (Å²) in [5.74, 6) is -1.25. The maximum Gasteiger partial charge on any atom is 0.356 e. The molecule has 0 bridgehead atoms. The zero-order chi connectivity index (χ0) is 18.3. The lowest BCUT2D eigenvalue weighted by Crippen LogP contribution is -2.29. The lowest BCUT2D eigenvalue weighted by Gasteiger charge is -2.16. The number of imide groups is 1. The number of esters is 1. The predicted molar refractivity (Wildman–Crippen MR) is 95.3 cm³/mol. The number of hydrogen-bond donors (Lipinski definition) is 0. The van der Waals surface area contributed by atoms with E-state index in [4.69, 9.17) is 4.74 Å². The number of nitrogens with zero attached hydrogens (tertiary/aromatic N) is 2. The van der Waals surface area contributed by atoms with Crippen LogP contribution in [0.15, 0.2) is 54.6 Å². The zero-order valence-corrected chi connectivity index (χ0v) is 13.9. The number of anilines is 1. The van der Waals surface area contributed by atoms with Crippen molar-refractivity contribution >= 4 is 34.4 Å². The Kier molecular flexibility index (Phi) is 3.73. The molecule has 2 amide bonds. The van der Waals surface area contributed by atoms with Crippen LogP contribution in [-0.4, -0.2) is 29.4 Å². The Bertz CT molecular complexity index is 1040. The van der Waals surface area contributed by atoms with Gasteiger partial charge in [-0.2, -0.15) is 0 Å². The van der Waals surface area contributed by atoms with E-state index in [9.17, 15) is 14.4 Å². The van der Waals surface area contributed by atoms with Gasteiger partial charge in [-0.25, -0.2) is 14.7 Å². The summed E-state index contributed by atoms with van der Waals surface area (Å²) < 4.78 is 4.96. The smallest absolute Gasteiger partial charge is 0.356 e. The van der Waals surface area contributed by atoms with Crippen LogP contribution >= 0.6 is 0 Å². The van der Waals surface area contributed by atoms with E-state index < -0.39 is 5.97 Å². The quantitative estimate of drug-likeness (QED) is 0.538. The first-order valence-corrected chi connectivity index (χ1v) is 8.16. The van der Waals surface area contributed by atoms with Gasteiger partial charge >= 0.3 is 5.97 Å². The third-order valence-electron chi connectivity index (χ3n) is 4.23. The number of carbonyl (C=O) groups is 3. The van der Waals surface area contributed by atoms with E-state index in [2.05, 4.69) is 4.98 Å². The summed E-state index contributed by atoms with van der Waals surface area (Å²) in [5, 5.41) is 0.607. The molecule has 0 radical (unpaired) electrons. The molecule has 0 fully saturated rings. The van der Waals surface area contributed by atoms with Gasteiger partial charge in [0, 0.05) is 5.39 Å². The molecule has 0 saturated heterocycles. The molecule has 6 heteroatoms. The summed E-state index contributed by atoms with van der Waals surface area (Å²) >= 11 is 0. The fourth-order valence-electron chi connectivity index (χ4n) is 3.06. The SMILES string of the molecule is CCOC(=O)c1ccc2c(N3C(=O)c4ccccc4C3=O)cccc2n1. The Morgan fingerprint density at radius 1 is 0.962 bits per heavy atom. The van der Waals surface area contributed by atoms with Crippen molar-refractivity contribution in [3.8, 4) is 0 Å². The van der Waals surface area contributed by atoms with E-state index in [1.54, 1.807) is 55.5 Å². The number of fused-ring (bicyclic) bond motifs is 2. The number of aromatic nitrogens is 1. The maximum atomic E-state index is 12.7. The largest absolute Gasteiger partial charge is 0.461 e. The third kappa shape index (κ3) is 2.35. The highest BCUT2D eigenvalue weighted by atomic mass is 16.5. The van der Waals surface area contributed by atoms with Gasteiger partial charge in [0.15, 0.2) is 0 Å². The predicted octanol–water partition coefficient (Wildman–Crippen LogP) is 3.21. The first-order valence-electron chi connectivity index (χ1n) is 8.16. The summed E-state index contributed by atoms with van der Waals surface area (Å²) in [6, 6.07) is 15.0. The van der Waals surface area contributed by atoms with E-state index in [1.807, 2.05) is 0 Å². The molecular formula is C20H14N2O4. The molecule has 3 aromatic rings. The summed E-state index contributed by atoms with van der Waals surface area (Å²) in [6.45, 7) is 1.98. The Labute approximate surface area is 149 Å². The van der Waals surface area contributed by atoms with Gasteiger partial charge in [0.05, 0.1) is 28.9 Å². The van der Waals surface area contributed by atoms with Crippen LogP contribution in [0, 0.1) is 0 Å². The highest BCUT2D eigenvalue weighted by Gasteiger charge is 2.37. The second-order valence-corrected chi connectivity index (χ2v) is 5.75. The number of pyridine rings is 1. The third-order valence-corrected chi connectivity index (χ3v) is 4.23. The van der Waals surface area contributed by atoms with E-state index in [-0.39, 0.29) is 24.1 Å². The summed E-state index contributed by atoms with van der Waals surface area (Å²) in [6.07, 6.45) is 0. The topological polar surface area (TPSA) is 76.6 Å². The van der Waals surface area contributed by atoms with Crippen LogP contribution in [-0.2, 0) is 4.74 Å². The van der Waals surface area contributed by atoms with Crippen LogP contribution in [0.25, 0.3) is 10.9 Å². The maximum absolute atomic E-state index is 12.7. The minimum Gasteiger partial charge on any atom is -0.461 e. The normalized spacial score (nSPS) is 13.2. The molecule has 6 nitrogen and oxygen atoms in total. The minimum atomic E-state index is -0.513. The fraction of sp³-hybridized carbons (Fsp3) is 0.100. The molecule has 0 atom stereocenters. The molecule has 0 unspecified atom stereocenters. The number of ether oxygens (including phenoxy) is 1. The average molecular weight is 346 g/mol. The molecule has 2 heterocycles. The van der Waals surface area contributed by atoms with Crippen LogP contribution in [0.3, 0.4) is 0 Å². The molecule has 1 aliphatic rings. The first-order chi connectivity index (χ1) is 12.6. The van der Waals surface area contributed by atoms with Gasteiger partial charge in [0.1, 0.15) is 5.69 Å². The molecule has 1 aromatic heterocycles. The Morgan fingerprint density at radius 2 is 1.65 bits per heavy atom. The van der Waals surface area contributed by atoms with Crippen molar-refractivity contribution in [3.63, 3.8) is 0 Å². The Morgan fingerprint density at radius 3 is 2.31 bits per heavy atom. The van der Waals surface area contributed by atoms with Crippen molar-refractivity contribution in [2.45, 2.75) is 6.92 Å². The monoisotopic (exact) mass is 346 g/mol. The van der Waals surface area contributed by atoms with E-state index in [0.29, 0.717) is 27.7 Å². The zero-order valence-electron chi connectivity index (χ0n) is 13.9. The minimum absolute atomic E-state index is 0.180. The van der Waals surface area contributed by atoms with E-state index in [1.165, 1.54) is 6.07 Å². The van der Waals surface area contributed by atoms with Gasteiger partial charge in [-0.1, -0.05) is 18.2 Å². The number of hydrogen-bond acceptors (Lipinski definition) is 5.